The molecule has 2 rings (SSSR count). The maximum absolute atomic E-state index is 9.13. The lowest BCUT2D eigenvalue weighted by molar-refractivity contribution is 0.428. The Labute approximate surface area is 193 Å². The van der Waals surface area contributed by atoms with Crippen LogP contribution in [-0.2, 0) is 0 Å². The molecule has 8 heteroatoms. The number of hydrogen-bond acceptors (Lipinski definition) is 8. The van der Waals surface area contributed by atoms with E-state index in [0.717, 1.165) is 38.5 Å². The molecular weight excluding hydrogens is 400 g/mol. The summed E-state index contributed by atoms with van der Waals surface area (Å²) in [4.78, 5) is 0. The van der Waals surface area contributed by atoms with Gasteiger partial charge in [-0.2, -0.15) is 41.5 Å². The zero-order valence-electron chi connectivity index (χ0n) is 20.4. The molecule has 0 aliphatic heterocycles. The third-order valence-corrected chi connectivity index (χ3v) is 6.11. The second-order valence-electron chi connectivity index (χ2n) is 9.74. The van der Waals surface area contributed by atoms with Gasteiger partial charge in [-0.15, -0.1) is 0 Å². The Hall–Kier alpha value is -2.84. The van der Waals surface area contributed by atoms with Crippen LogP contribution >= 0.6 is 0 Å². The zero-order chi connectivity index (χ0) is 24.5. The molecule has 0 aromatic carbocycles. The van der Waals surface area contributed by atoms with E-state index in [1.54, 1.807) is 13.8 Å². The quantitative estimate of drug-likeness (QED) is 0.363. The molecule has 0 bridgehead atoms. The van der Waals surface area contributed by atoms with Gasteiger partial charge in [0.25, 0.3) is 0 Å². The first-order chi connectivity index (χ1) is 15.0. The fraction of sp³-hybridized carbons (Fsp3) is 0.833. The molecule has 8 nitrogen and oxygen atoms in total. The highest BCUT2D eigenvalue weighted by molar-refractivity contribution is 5.15. The summed E-state index contributed by atoms with van der Waals surface area (Å²) in [6.45, 7) is 11.1. The standard InChI is InChI=1S/C12H16N4.C12H20N4/c1-11(7-13,9-3-4-9)15-16-12(2,8-14)10-5-6-10;1-5-7-11(3,9-13)15-16-12(4,10-14)8-6-2/h9-10H,3-6H2,1-2H3;5-8H2,1-4H3. The van der Waals surface area contributed by atoms with Crippen molar-refractivity contribution in [1.82, 2.24) is 0 Å². The molecule has 2 saturated carbocycles. The van der Waals surface area contributed by atoms with Gasteiger partial charge in [0, 0.05) is 0 Å². The van der Waals surface area contributed by atoms with Crippen LogP contribution < -0.4 is 0 Å². The fourth-order valence-corrected chi connectivity index (χ4v) is 3.34. The molecule has 2 fully saturated rings. The first-order valence-corrected chi connectivity index (χ1v) is 11.5. The van der Waals surface area contributed by atoms with Crippen LogP contribution in [0, 0.1) is 57.2 Å². The highest BCUT2D eigenvalue weighted by Crippen LogP contribution is 2.45. The molecule has 2 aliphatic rings. The molecule has 0 aromatic rings. The van der Waals surface area contributed by atoms with Crippen LogP contribution in [0.2, 0.25) is 0 Å². The summed E-state index contributed by atoms with van der Waals surface area (Å²) in [5, 5.41) is 52.8. The third-order valence-electron chi connectivity index (χ3n) is 6.11. The molecule has 32 heavy (non-hydrogen) atoms. The number of nitriles is 4. The Balaban J connectivity index is 0.000000320. The van der Waals surface area contributed by atoms with Gasteiger partial charge in [-0.3, -0.25) is 0 Å². The molecule has 0 heterocycles. The normalized spacial score (nSPS) is 23.1. The maximum Gasteiger partial charge on any atom is 0.167 e. The van der Waals surface area contributed by atoms with Crippen LogP contribution in [0.15, 0.2) is 20.5 Å². The van der Waals surface area contributed by atoms with Crippen LogP contribution in [0.25, 0.3) is 0 Å². The van der Waals surface area contributed by atoms with Crippen LogP contribution in [0.1, 0.15) is 92.9 Å². The van der Waals surface area contributed by atoms with E-state index < -0.39 is 22.2 Å². The van der Waals surface area contributed by atoms with Crippen molar-refractivity contribution in [3.8, 4) is 24.3 Å². The molecule has 4 atom stereocenters. The molecule has 0 amide bonds. The summed E-state index contributed by atoms with van der Waals surface area (Å²) in [5.74, 6) is 0.673. The van der Waals surface area contributed by atoms with Gasteiger partial charge in [-0.25, -0.2) is 0 Å². The zero-order valence-corrected chi connectivity index (χ0v) is 20.4. The molecule has 0 saturated heterocycles. The van der Waals surface area contributed by atoms with Gasteiger partial charge in [0.2, 0.25) is 0 Å². The monoisotopic (exact) mass is 436 g/mol. The SMILES string of the molecule is CC(C#N)(N=NC(C)(C#N)C1CC1)C1CC1.CCCC(C)(C#N)N=NC(C)(C#N)CCC. The molecule has 0 spiro atoms. The van der Waals surface area contributed by atoms with Crippen molar-refractivity contribution < 1.29 is 0 Å². The molecule has 0 aromatic heterocycles. The van der Waals surface area contributed by atoms with Crippen molar-refractivity contribution >= 4 is 0 Å². The summed E-state index contributed by atoms with van der Waals surface area (Å²) in [7, 11) is 0. The Morgan fingerprint density at radius 3 is 1.09 bits per heavy atom. The highest BCUT2D eigenvalue weighted by atomic mass is 15.2. The number of azo groups is 2. The summed E-state index contributed by atoms with van der Waals surface area (Å²) in [6, 6.07) is 8.75. The van der Waals surface area contributed by atoms with E-state index in [9.17, 15) is 0 Å². The van der Waals surface area contributed by atoms with Crippen molar-refractivity contribution in [1.29, 1.82) is 21.0 Å². The van der Waals surface area contributed by atoms with Crippen molar-refractivity contribution in [2.45, 2.75) is 115 Å². The van der Waals surface area contributed by atoms with E-state index in [0.29, 0.717) is 24.7 Å². The maximum atomic E-state index is 9.13. The third kappa shape index (κ3) is 7.69. The Morgan fingerprint density at radius 2 is 0.906 bits per heavy atom. The second-order valence-corrected chi connectivity index (χ2v) is 9.74. The van der Waals surface area contributed by atoms with Crippen molar-refractivity contribution in [2.24, 2.45) is 32.3 Å². The predicted molar refractivity (Wildman–Crippen MR) is 121 cm³/mol. The van der Waals surface area contributed by atoms with Crippen LogP contribution in [-0.4, -0.2) is 22.2 Å². The molecule has 0 radical (unpaired) electrons. The number of hydrogen-bond donors (Lipinski definition) is 0. The van der Waals surface area contributed by atoms with E-state index in [2.05, 4.69) is 44.7 Å². The number of nitrogens with zero attached hydrogens (tertiary/aromatic N) is 8. The molecule has 2 aliphatic carbocycles. The van der Waals surface area contributed by atoms with Gasteiger partial charge in [0.05, 0.1) is 24.3 Å². The van der Waals surface area contributed by atoms with E-state index >= 15 is 0 Å². The van der Waals surface area contributed by atoms with Crippen molar-refractivity contribution in [3.05, 3.63) is 0 Å². The molecular formula is C24H36N8. The average Bonchev–Trinajstić information content (AvgIpc) is 3.68. The summed E-state index contributed by atoms with van der Waals surface area (Å²) in [6.07, 6.45) is 7.29. The van der Waals surface area contributed by atoms with Gasteiger partial charge in [0.15, 0.2) is 22.2 Å². The Bertz CT molecular complexity index is 790. The first kappa shape index (κ1) is 27.2. The lowest BCUT2D eigenvalue weighted by Crippen LogP contribution is -2.26. The molecule has 4 unspecified atom stereocenters. The van der Waals surface area contributed by atoms with Gasteiger partial charge >= 0.3 is 0 Å². The van der Waals surface area contributed by atoms with Crippen molar-refractivity contribution in [3.63, 3.8) is 0 Å². The van der Waals surface area contributed by atoms with Crippen molar-refractivity contribution in [2.75, 3.05) is 0 Å². The summed E-state index contributed by atoms with van der Waals surface area (Å²) < 4.78 is 0. The van der Waals surface area contributed by atoms with Gasteiger partial charge < -0.3 is 0 Å². The average molecular weight is 437 g/mol. The van der Waals surface area contributed by atoms with Crippen LogP contribution in [0.5, 0.6) is 0 Å². The minimum Gasteiger partial charge on any atom is -0.196 e. The largest absolute Gasteiger partial charge is 0.196 e. The fourth-order valence-electron chi connectivity index (χ4n) is 3.34. The topological polar surface area (TPSA) is 145 Å². The predicted octanol–water partition coefficient (Wildman–Crippen LogP) is 6.43. The Morgan fingerprint density at radius 1 is 0.594 bits per heavy atom. The van der Waals surface area contributed by atoms with Gasteiger partial charge in [-0.1, -0.05) is 26.7 Å². The number of rotatable bonds is 10. The smallest absolute Gasteiger partial charge is 0.167 e. The summed E-state index contributed by atoms with van der Waals surface area (Å²) in [5.41, 5.74) is -3.01. The van der Waals surface area contributed by atoms with E-state index in [1.165, 1.54) is 0 Å². The first-order valence-electron chi connectivity index (χ1n) is 11.5. The lowest BCUT2D eigenvalue weighted by Gasteiger charge is -2.18. The minimum atomic E-state index is -0.791. The van der Waals surface area contributed by atoms with E-state index in [-0.39, 0.29) is 0 Å². The van der Waals surface area contributed by atoms with Crippen LogP contribution in [0.3, 0.4) is 0 Å². The minimum absolute atomic E-state index is 0.336. The van der Waals surface area contributed by atoms with E-state index in [4.69, 9.17) is 21.0 Å². The van der Waals surface area contributed by atoms with Gasteiger partial charge in [-0.05, 0) is 78.1 Å². The lowest BCUT2D eigenvalue weighted by atomic mass is 9.98. The molecule has 0 N–H and O–H groups in total. The Kier molecular flexibility index (Phi) is 9.48. The highest BCUT2D eigenvalue weighted by Gasteiger charge is 2.46. The van der Waals surface area contributed by atoms with E-state index in [1.807, 2.05) is 27.7 Å². The second kappa shape index (κ2) is 11.2. The summed E-state index contributed by atoms with van der Waals surface area (Å²) >= 11 is 0. The van der Waals surface area contributed by atoms with Gasteiger partial charge in [0.1, 0.15) is 0 Å². The molecule has 172 valence electrons. The van der Waals surface area contributed by atoms with Crippen LogP contribution in [0.4, 0.5) is 0 Å².